The Morgan fingerprint density at radius 3 is 2.67 bits per heavy atom. The molecule has 0 amide bonds. The highest BCUT2D eigenvalue weighted by atomic mass is 16.5. The summed E-state index contributed by atoms with van der Waals surface area (Å²) in [6.07, 6.45) is 2.26. The zero-order chi connectivity index (χ0) is 20.9. The molecule has 0 spiro atoms. The number of nitrogens with one attached hydrogen (secondary N) is 1. The quantitative estimate of drug-likeness (QED) is 0.609. The number of anilines is 3. The van der Waals surface area contributed by atoms with Crippen LogP contribution in [0.2, 0.25) is 0 Å². The van der Waals surface area contributed by atoms with Crippen LogP contribution in [0.25, 0.3) is 0 Å². The molecule has 0 unspecified atom stereocenters. The SMILES string of the molecule is CCOc1ccc([C@@H]2CCCN2Cc2nc(N)nc(Nc3ccccc3C)n2)cc1. The van der Waals surface area contributed by atoms with Gasteiger partial charge in [-0.05, 0) is 62.6 Å². The van der Waals surface area contributed by atoms with Crippen LogP contribution in [0.1, 0.15) is 42.8 Å². The van der Waals surface area contributed by atoms with Gasteiger partial charge >= 0.3 is 0 Å². The van der Waals surface area contributed by atoms with Gasteiger partial charge in [0.25, 0.3) is 0 Å². The first-order valence-electron chi connectivity index (χ1n) is 10.4. The third-order valence-electron chi connectivity index (χ3n) is 5.37. The Bertz CT molecular complexity index is 991. The summed E-state index contributed by atoms with van der Waals surface area (Å²) in [6, 6.07) is 16.8. The second-order valence-corrected chi connectivity index (χ2v) is 7.50. The average Bonchev–Trinajstić information content (AvgIpc) is 3.18. The molecule has 0 saturated carbocycles. The van der Waals surface area contributed by atoms with Crippen LogP contribution in [0.15, 0.2) is 48.5 Å². The van der Waals surface area contributed by atoms with Crippen molar-refractivity contribution >= 4 is 17.6 Å². The van der Waals surface area contributed by atoms with Crippen molar-refractivity contribution < 1.29 is 4.74 Å². The maximum absolute atomic E-state index is 5.98. The lowest BCUT2D eigenvalue weighted by molar-refractivity contribution is 0.242. The van der Waals surface area contributed by atoms with Crippen LogP contribution in [0, 0.1) is 6.92 Å². The van der Waals surface area contributed by atoms with E-state index in [-0.39, 0.29) is 5.95 Å². The fourth-order valence-corrected chi connectivity index (χ4v) is 3.93. The Hall–Kier alpha value is -3.19. The van der Waals surface area contributed by atoms with E-state index in [2.05, 4.69) is 37.3 Å². The van der Waals surface area contributed by atoms with Crippen LogP contribution in [0.5, 0.6) is 5.75 Å². The molecule has 0 radical (unpaired) electrons. The number of aromatic nitrogens is 3. The first-order valence-corrected chi connectivity index (χ1v) is 10.4. The van der Waals surface area contributed by atoms with Gasteiger partial charge in [0.1, 0.15) is 11.6 Å². The minimum Gasteiger partial charge on any atom is -0.494 e. The van der Waals surface area contributed by atoms with E-state index in [9.17, 15) is 0 Å². The summed E-state index contributed by atoms with van der Waals surface area (Å²) in [5.74, 6) is 2.29. The number of rotatable bonds is 7. The number of nitrogens with zero attached hydrogens (tertiary/aromatic N) is 4. The predicted molar refractivity (Wildman–Crippen MR) is 119 cm³/mol. The van der Waals surface area contributed by atoms with Gasteiger partial charge in [-0.3, -0.25) is 4.90 Å². The van der Waals surface area contributed by atoms with Crippen LogP contribution in [0.3, 0.4) is 0 Å². The Kier molecular flexibility index (Phi) is 6.09. The molecule has 156 valence electrons. The molecular weight excluding hydrogens is 376 g/mol. The van der Waals surface area contributed by atoms with Gasteiger partial charge in [-0.2, -0.15) is 15.0 Å². The number of nitrogens with two attached hydrogens (primary N) is 1. The lowest BCUT2D eigenvalue weighted by Gasteiger charge is -2.24. The van der Waals surface area contributed by atoms with Gasteiger partial charge in [0.05, 0.1) is 13.2 Å². The Labute approximate surface area is 177 Å². The fourth-order valence-electron chi connectivity index (χ4n) is 3.93. The molecule has 7 heteroatoms. The summed E-state index contributed by atoms with van der Waals surface area (Å²) in [6.45, 7) is 6.35. The van der Waals surface area contributed by atoms with Crippen molar-refractivity contribution in [3.63, 3.8) is 0 Å². The molecule has 7 nitrogen and oxygen atoms in total. The van der Waals surface area contributed by atoms with E-state index in [4.69, 9.17) is 10.5 Å². The van der Waals surface area contributed by atoms with E-state index in [1.165, 1.54) is 5.56 Å². The molecule has 1 aromatic heterocycles. The maximum Gasteiger partial charge on any atom is 0.232 e. The lowest BCUT2D eigenvalue weighted by atomic mass is 10.0. The first-order chi connectivity index (χ1) is 14.6. The van der Waals surface area contributed by atoms with Gasteiger partial charge in [-0.1, -0.05) is 30.3 Å². The molecule has 2 aromatic carbocycles. The van der Waals surface area contributed by atoms with Crippen molar-refractivity contribution in [1.82, 2.24) is 19.9 Å². The first kappa shape index (κ1) is 20.1. The second-order valence-electron chi connectivity index (χ2n) is 7.50. The third kappa shape index (κ3) is 4.68. The van der Waals surface area contributed by atoms with Crippen molar-refractivity contribution in [3.05, 3.63) is 65.5 Å². The lowest BCUT2D eigenvalue weighted by Crippen LogP contribution is -2.24. The number of likely N-dealkylation sites (tertiary alicyclic amines) is 1. The van der Waals surface area contributed by atoms with Gasteiger partial charge in [0.2, 0.25) is 11.9 Å². The fraction of sp³-hybridized carbons (Fsp3) is 0.348. The predicted octanol–water partition coefficient (Wildman–Crippen LogP) is 4.24. The summed E-state index contributed by atoms with van der Waals surface area (Å²) in [7, 11) is 0. The van der Waals surface area contributed by atoms with Crippen molar-refractivity contribution in [2.24, 2.45) is 0 Å². The Balaban J connectivity index is 1.50. The molecular formula is C23H28N6O. The van der Waals surface area contributed by atoms with Crippen LogP contribution in [-0.4, -0.2) is 33.0 Å². The summed E-state index contributed by atoms with van der Waals surface area (Å²) >= 11 is 0. The molecule has 1 atom stereocenters. The van der Waals surface area contributed by atoms with E-state index in [0.29, 0.717) is 31.0 Å². The van der Waals surface area contributed by atoms with Gasteiger partial charge in [0.15, 0.2) is 0 Å². The summed E-state index contributed by atoms with van der Waals surface area (Å²) in [5, 5.41) is 3.26. The smallest absolute Gasteiger partial charge is 0.232 e. The topological polar surface area (TPSA) is 89.2 Å². The highest BCUT2D eigenvalue weighted by Crippen LogP contribution is 2.33. The van der Waals surface area contributed by atoms with E-state index >= 15 is 0 Å². The zero-order valence-electron chi connectivity index (χ0n) is 17.5. The zero-order valence-corrected chi connectivity index (χ0v) is 17.5. The van der Waals surface area contributed by atoms with Crippen molar-refractivity contribution in [3.8, 4) is 5.75 Å². The molecule has 4 rings (SSSR count). The largest absolute Gasteiger partial charge is 0.494 e. The number of benzene rings is 2. The van der Waals surface area contributed by atoms with E-state index in [1.54, 1.807) is 0 Å². The molecule has 3 aromatic rings. The second kappa shape index (κ2) is 9.09. The Morgan fingerprint density at radius 1 is 1.10 bits per heavy atom. The molecule has 1 aliphatic rings. The van der Waals surface area contributed by atoms with Crippen molar-refractivity contribution in [2.75, 3.05) is 24.2 Å². The minimum atomic E-state index is 0.230. The molecule has 0 aliphatic carbocycles. The standard InChI is InChI=1S/C23H28N6O/c1-3-30-18-12-10-17(11-13-18)20-9-6-14-29(20)15-21-26-22(24)28-23(27-21)25-19-8-5-4-7-16(19)2/h4-5,7-8,10-13,20H,3,6,9,14-15H2,1-2H3,(H3,24,25,26,27,28)/t20-/m0/s1. The highest BCUT2D eigenvalue weighted by Gasteiger charge is 2.27. The number of hydrogen-bond acceptors (Lipinski definition) is 7. The van der Waals surface area contributed by atoms with Crippen LogP contribution < -0.4 is 15.8 Å². The summed E-state index contributed by atoms with van der Waals surface area (Å²) < 4.78 is 5.57. The highest BCUT2D eigenvalue weighted by molar-refractivity contribution is 5.58. The molecule has 1 fully saturated rings. The van der Waals surface area contributed by atoms with Crippen LogP contribution >= 0.6 is 0 Å². The molecule has 0 bridgehead atoms. The molecule has 2 heterocycles. The molecule has 1 saturated heterocycles. The van der Waals surface area contributed by atoms with E-state index in [1.807, 2.05) is 50.2 Å². The molecule has 1 aliphatic heterocycles. The van der Waals surface area contributed by atoms with Crippen LogP contribution in [0.4, 0.5) is 17.6 Å². The summed E-state index contributed by atoms with van der Waals surface area (Å²) in [5.41, 5.74) is 9.35. The third-order valence-corrected chi connectivity index (χ3v) is 5.37. The number of aryl methyl sites for hydroxylation is 1. The number of nitrogen functional groups attached to an aromatic ring is 1. The average molecular weight is 405 g/mol. The van der Waals surface area contributed by atoms with Gasteiger partial charge in [-0.25, -0.2) is 0 Å². The number of ether oxygens (including phenoxy) is 1. The Morgan fingerprint density at radius 2 is 1.90 bits per heavy atom. The monoisotopic (exact) mass is 404 g/mol. The molecule has 30 heavy (non-hydrogen) atoms. The minimum absolute atomic E-state index is 0.230. The maximum atomic E-state index is 5.98. The van der Waals surface area contributed by atoms with Gasteiger partial charge in [0, 0.05) is 11.7 Å². The number of para-hydroxylation sites is 1. The molecule has 3 N–H and O–H groups in total. The van der Waals surface area contributed by atoms with Crippen LogP contribution in [-0.2, 0) is 6.54 Å². The van der Waals surface area contributed by atoms with Gasteiger partial charge < -0.3 is 15.8 Å². The summed E-state index contributed by atoms with van der Waals surface area (Å²) in [4.78, 5) is 15.7. The van der Waals surface area contributed by atoms with Crippen molar-refractivity contribution in [2.45, 2.75) is 39.3 Å². The van der Waals surface area contributed by atoms with Gasteiger partial charge in [-0.15, -0.1) is 0 Å². The number of hydrogen-bond donors (Lipinski definition) is 2. The van der Waals surface area contributed by atoms with E-state index < -0.39 is 0 Å². The van der Waals surface area contributed by atoms with E-state index in [0.717, 1.165) is 36.4 Å². The van der Waals surface area contributed by atoms with Crippen molar-refractivity contribution in [1.29, 1.82) is 0 Å². The normalized spacial score (nSPS) is 16.5.